The minimum absolute atomic E-state index is 0.0193. The number of H-pyrrole nitrogens is 1. The summed E-state index contributed by atoms with van der Waals surface area (Å²) in [7, 11) is 2.02. The summed E-state index contributed by atoms with van der Waals surface area (Å²) in [5.41, 5.74) is 8.49. The normalized spacial score (nSPS) is 21.3. The van der Waals surface area contributed by atoms with Crippen LogP contribution in [0.3, 0.4) is 0 Å². The number of aliphatic hydroxyl groups is 1. The number of benzene rings is 3. The van der Waals surface area contributed by atoms with Gasteiger partial charge in [-0.05, 0) is 54.5 Å². The van der Waals surface area contributed by atoms with Gasteiger partial charge in [-0.15, -0.1) is 0 Å². The molecular weight excluding hydrogens is 1000 g/mol. The Morgan fingerprint density at radius 2 is 1.27 bits per heavy atom. The van der Waals surface area contributed by atoms with Gasteiger partial charge in [-0.3, -0.25) is 43.2 Å². The fraction of sp³-hybridized carbons (Fsp3) is 0.442. The molecule has 1 saturated heterocycles. The highest BCUT2D eigenvalue weighted by molar-refractivity contribution is 8.76. The summed E-state index contributed by atoms with van der Waals surface area (Å²) in [5.74, 6) is -8.57. The van der Waals surface area contributed by atoms with Gasteiger partial charge in [0.2, 0.25) is 47.3 Å². The first kappa shape index (κ1) is 58.9. The number of carbonyl (C=O) groups excluding carboxylic acids is 8. The van der Waals surface area contributed by atoms with E-state index in [9.17, 15) is 53.4 Å². The van der Waals surface area contributed by atoms with Crippen LogP contribution in [0.25, 0.3) is 10.9 Å². The topological polar surface area (TPSA) is 332 Å². The number of carboxylic acid groups (broad SMARTS) is 1. The zero-order chi connectivity index (χ0) is 54.4. The number of aliphatic carboxylic acids is 1. The van der Waals surface area contributed by atoms with Crippen molar-refractivity contribution in [2.24, 2.45) is 11.7 Å². The highest BCUT2D eigenvalue weighted by Gasteiger charge is 2.36. The third-order valence-corrected chi connectivity index (χ3v) is 14.8. The second-order valence-electron chi connectivity index (χ2n) is 18.6. The highest BCUT2D eigenvalue weighted by atomic mass is 33.1. The fourth-order valence-electron chi connectivity index (χ4n) is 8.18. The minimum atomic E-state index is -1.77. The molecule has 1 aliphatic rings. The quantitative estimate of drug-likeness (QED) is 0.0456. The molecule has 0 saturated carbocycles. The molecule has 0 unspecified atom stereocenters. The number of rotatable bonds is 19. The molecule has 21 nitrogen and oxygen atoms in total. The Balaban J connectivity index is 1.60. The molecular formula is C52H68N10O11S2. The van der Waals surface area contributed by atoms with Crippen LogP contribution in [-0.4, -0.2) is 141 Å². The van der Waals surface area contributed by atoms with Crippen molar-refractivity contribution >= 4 is 85.7 Å². The van der Waals surface area contributed by atoms with Gasteiger partial charge < -0.3 is 63.5 Å². The van der Waals surface area contributed by atoms with Crippen LogP contribution in [0.15, 0.2) is 91.1 Å². The van der Waals surface area contributed by atoms with Crippen LogP contribution in [0.2, 0.25) is 0 Å². The number of carbonyl (C=O) groups is 9. The van der Waals surface area contributed by atoms with Gasteiger partial charge in [-0.25, -0.2) is 0 Å². The molecule has 4 aromatic rings. The van der Waals surface area contributed by atoms with Crippen LogP contribution in [0.1, 0.15) is 63.1 Å². The van der Waals surface area contributed by atoms with Gasteiger partial charge in [-0.1, -0.05) is 114 Å². The Labute approximate surface area is 443 Å². The molecule has 1 fully saturated rings. The monoisotopic (exact) mass is 1070 g/mol. The maximum Gasteiger partial charge on any atom is 0.305 e. The van der Waals surface area contributed by atoms with Crippen molar-refractivity contribution in [3.05, 3.63) is 108 Å². The standard InChI is InChI=1S/C52H68N10O11S2/c1-30(2)42(27-63)60-52(73)44-29-75-74-28-43(61-47(68)38(55-31(3)64)22-32-14-6-4-7-15-32)51(72)57-39(23-33-16-8-5-9-17-33)48(69)58-40(24-34-26-54-36-19-11-10-18-35(34)36)49(70)56-37(20-12-13-21-53)46(67)59-41(25-45(65)66)50(71)62-44/h4-11,14-19,26,30,37-44,54,63H,12-13,20-25,27-29,53H2,1-3H3,(H,55,64)(H,56,70)(H,57,72)(H,58,69)(H,59,67)(H,60,73)(H,61,68)(H,62,71)(H,65,66)/t37-,38-,39-,40-,41-,42+,43-,44-/m0/s1. The zero-order valence-electron chi connectivity index (χ0n) is 42.1. The summed E-state index contributed by atoms with van der Waals surface area (Å²) in [6.07, 6.45) is 1.32. The largest absolute Gasteiger partial charge is 0.481 e. The summed E-state index contributed by atoms with van der Waals surface area (Å²) >= 11 is 0. The van der Waals surface area contributed by atoms with E-state index >= 15 is 0 Å². The van der Waals surface area contributed by atoms with E-state index in [4.69, 9.17) is 5.73 Å². The van der Waals surface area contributed by atoms with Crippen molar-refractivity contribution in [3.63, 3.8) is 0 Å². The molecule has 75 heavy (non-hydrogen) atoms. The number of aliphatic hydroxyl groups excluding tert-OH is 1. The number of nitrogens with one attached hydrogen (secondary N) is 9. The number of aromatic amines is 1. The molecule has 5 rings (SSSR count). The average Bonchev–Trinajstić information content (AvgIpc) is 3.79. The molecule has 404 valence electrons. The molecule has 0 radical (unpaired) electrons. The Hall–Kier alpha value is -6.95. The predicted molar refractivity (Wildman–Crippen MR) is 285 cm³/mol. The van der Waals surface area contributed by atoms with Crippen LogP contribution in [0.4, 0.5) is 0 Å². The summed E-state index contributed by atoms with van der Waals surface area (Å²) in [4.78, 5) is 129. The van der Waals surface area contributed by atoms with Crippen molar-refractivity contribution in [2.45, 2.75) is 114 Å². The highest BCUT2D eigenvalue weighted by Crippen LogP contribution is 2.25. The van der Waals surface area contributed by atoms with E-state index in [2.05, 4.69) is 47.5 Å². The first-order valence-electron chi connectivity index (χ1n) is 24.8. The van der Waals surface area contributed by atoms with E-state index in [1.54, 1.807) is 86.8 Å². The fourth-order valence-corrected chi connectivity index (χ4v) is 10.5. The number of para-hydroxylation sites is 1. The van der Waals surface area contributed by atoms with Gasteiger partial charge in [0.15, 0.2) is 0 Å². The van der Waals surface area contributed by atoms with Crippen molar-refractivity contribution in [2.75, 3.05) is 24.7 Å². The molecule has 13 N–H and O–H groups in total. The van der Waals surface area contributed by atoms with Crippen LogP contribution in [0, 0.1) is 5.92 Å². The number of hydrogen-bond acceptors (Lipinski definition) is 13. The molecule has 0 aliphatic carbocycles. The maximum absolute atomic E-state index is 14.8. The van der Waals surface area contributed by atoms with E-state index in [-0.39, 0.29) is 49.7 Å². The lowest BCUT2D eigenvalue weighted by molar-refractivity contribution is -0.141. The average molecular weight is 1070 g/mol. The van der Waals surface area contributed by atoms with E-state index in [1.165, 1.54) is 6.92 Å². The molecule has 0 bridgehead atoms. The number of hydrogen-bond donors (Lipinski definition) is 12. The molecule has 3 aromatic carbocycles. The first-order valence-corrected chi connectivity index (χ1v) is 27.2. The molecule has 23 heteroatoms. The maximum atomic E-state index is 14.8. The molecule has 1 aromatic heterocycles. The second kappa shape index (κ2) is 29.8. The van der Waals surface area contributed by atoms with Crippen LogP contribution in [0.5, 0.6) is 0 Å². The zero-order valence-corrected chi connectivity index (χ0v) is 43.7. The van der Waals surface area contributed by atoms with Crippen LogP contribution < -0.4 is 48.3 Å². The summed E-state index contributed by atoms with van der Waals surface area (Å²) in [5, 5.41) is 42.3. The lowest BCUT2D eigenvalue weighted by Crippen LogP contribution is -2.61. The SMILES string of the molecule is CC(=O)N[C@@H](Cc1ccccc1)C(=O)N[C@H]1CSSC[C@@H](C(=O)N[C@H](CO)C(C)C)NC(=O)[C@H](CC(=O)O)NC(=O)[C@H](CCCCN)NC(=O)[C@H](Cc2c[nH]c3ccccc23)NC(=O)[C@H](Cc2ccccc2)NC1=O. The first-order chi connectivity index (χ1) is 36.0. The lowest BCUT2D eigenvalue weighted by Gasteiger charge is -2.29. The number of amides is 8. The van der Waals surface area contributed by atoms with E-state index in [0.717, 1.165) is 32.5 Å². The van der Waals surface area contributed by atoms with Gasteiger partial charge >= 0.3 is 5.97 Å². The molecule has 0 spiro atoms. The van der Waals surface area contributed by atoms with Gasteiger partial charge in [0.25, 0.3) is 0 Å². The smallest absolute Gasteiger partial charge is 0.305 e. The van der Waals surface area contributed by atoms with Gasteiger partial charge in [0.1, 0.15) is 42.3 Å². The Bertz CT molecular complexity index is 2590. The molecule has 1 aliphatic heterocycles. The molecule has 2 heterocycles. The van der Waals surface area contributed by atoms with Gasteiger partial charge in [-0.2, -0.15) is 0 Å². The van der Waals surface area contributed by atoms with Crippen LogP contribution in [-0.2, 0) is 62.4 Å². The molecule has 8 atom stereocenters. The Kier molecular flexibility index (Phi) is 23.4. The second-order valence-corrected chi connectivity index (χ2v) is 21.1. The van der Waals surface area contributed by atoms with E-state index in [1.807, 2.05) is 18.2 Å². The van der Waals surface area contributed by atoms with Crippen LogP contribution >= 0.6 is 21.6 Å². The number of nitrogens with two attached hydrogens (primary N) is 1. The van der Waals surface area contributed by atoms with Crippen molar-refractivity contribution in [1.29, 1.82) is 0 Å². The predicted octanol–water partition coefficient (Wildman–Crippen LogP) is 0.741. The van der Waals surface area contributed by atoms with Gasteiger partial charge in [0, 0.05) is 54.8 Å². The third-order valence-electron chi connectivity index (χ3n) is 12.4. The minimum Gasteiger partial charge on any atom is -0.481 e. The number of aromatic nitrogens is 1. The Morgan fingerprint density at radius 1 is 0.693 bits per heavy atom. The summed E-state index contributed by atoms with van der Waals surface area (Å²) in [6, 6.07) is 14.3. The van der Waals surface area contributed by atoms with Crippen molar-refractivity contribution in [3.8, 4) is 0 Å². The number of fused-ring (bicyclic) bond motifs is 1. The summed E-state index contributed by atoms with van der Waals surface area (Å²) < 4.78 is 0. The van der Waals surface area contributed by atoms with E-state index < -0.39 is 115 Å². The summed E-state index contributed by atoms with van der Waals surface area (Å²) in [6.45, 7) is 4.55. The van der Waals surface area contributed by atoms with Gasteiger partial charge in [0.05, 0.1) is 19.1 Å². The van der Waals surface area contributed by atoms with Crippen molar-refractivity contribution in [1.82, 2.24) is 47.5 Å². The van der Waals surface area contributed by atoms with Crippen molar-refractivity contribution < 1.29 is 53.4 Å². The Morgan fingerprint density at radius 3 is 1.91 bits per heavy atom. The third kappa shape index (κ3) is 18.7. The van der Waals surface area contributed by atoms with E-state index in [0.29, 0.717) is 29.5 Å². The number of carboxylic acids is 1. The number of unbranched alkanes of at least 4 members (excludes halogenated alkanes) is 1. The lowest BCUT2D eigenvalue weighted by atomic mass is 10.0. The molecule has 8 amide bonds.